The number of fused-ring (bicyclic) bond motifs is 1. The molecule has 0 unspecified atom stereocenters. The second kappa shape index (κ2) is 7.69. The van der Waals surface area contributed by atoms with Crippen LogP contribution in [0.5, 0.6) is 0 Å². The van der Waals surface area contributed by atoms with E-state index in [9.17, 15) is 4.79 Å². The number of anilines is 1. The second-order valence-corrected chi connectivity index (χ2v) is 7.58. The smallest absolute Gasteiger partial charge is 0.295 e. The molecule has 0 aliphatic rings. The molecule has 0 saturated heterocycles. The van der Waals surface area contributed by atoms with Crippen LogP contribution in [-0.2, 0) is 13.6 Å². The SMILES string of the molecule is Cc1c(NCc2ccc(-c3cccc4ccccc34)o2)c(=O)n(-c2ccccc2)n1C. The van der Waals surface area contributed by atoms with Crippen molar-refractivity contribution in [2.24, 2.45) is 7.05 Å². The van der Waals surface area contributed by atoms with Crippen LogP contribution in [0.3, 0.4) is 0 Å². The zero-order valence-corrected chi connectivity index (χ0v) is 17.5. The summed E-state index contributed by atoms with van der Waals surface area (Å²) in [7, 11) is 1.89. The quantitative estimate of drug-likeness (QED) is 0.416. The van der Waals surface area contributed by atoms with E-state index in [1.165, 1.54) is 5.39 Å². The predicted molar refractivity (Wildman–Crippen MR) is 125 cm³/mol. The molecule has 2 aromatic heterocycles. The number of nitrogens with one attached hydrogen (secondary N) is 1. The molecule has 0 fully saturated rings. The lowest BCUT2D eigenvalue weighted by Gasteiger charge is -2.07. The van der Waals surface area contributed by atoms with Crippen LogP contribution in [0.25, 0.3) is 27.8 Å². The highest BCUT2D eigenvalue weighted by atomic mass is 16.3. The van der Waals surface area contributed by atoms with E-state index in [2.05, 4.69) is 29.6 Å². The van der Waals surface area contributed by atoms with E-state index in [0.717, 1.165) is 33.9 Å². The number of benzene rings is 3. The molecule has 0 radical (unpaired) electrons. The Bertz CT molecular complexity index is 1420. The normalized spacial score (nSPS) is 11.2. The molecule has 31 heavy (non-hydrogen) atoms. The third kappa shape index (κ3) is 3.34. The van der Waals surface area contributed by atoms with E-state index in [0.29, 0.717) is 12.2 Å². The molecule has 154 valence electrons. The maximum atomic E-state index is 13.1. The third-order valence-electron chi connectivity index (χ3n) is 5.71. The molecule has 0 saturated carbocycles. The van der Waals surface area contributed by atoms with Crippen molar-refractivity contribution in [2.45, 2.75) is 13.5 Å². The minimum atomic E-state index is -0.0768. The molecule has 0 bridgehead atoms. The average molecular weight is 409 g/mol. The van der Waals surface area contributed by atoms with E-state index < -0.39 is 0 Å². The Labute approximate surface area is 180 Å². The Kier molecular flexibility index (Phi) is 4.71. The minimum Gasteiger partial charge on any atom is -0.459 e. The number of aromatic nitrogens is 2. The van der Waals surface area contributed by atoms with Crippen molar-refractivity contribution in [3.05, 3.63) is 107 Å². The average Bonchev–Trinajstić information content (AvgIpc) is 3.35. The van der Waals surface area contributed by atoms with Crippen LogP contribution in [0, 0.1) is 6.92 Å². The van der Waals surface area contributed by atoms with Crippen molar-refractivity contribution < 1.29 is 4.42 Å². The summed E-state index contributed by atoms with van der Waals surface area (Å²) in [5.41, 5.74) is 3.27. The topological polar surface area (TPSA) is 52.1 Å². The van der Waals surface area contributed by atoms with Crippen LogP contribution >= 0.6 is 0 Å². The fourth-order valence-electron chi connectivity index (χ4n) is 4.01. The first-order valence-electron chi connectivity index (χ1n) is 10.3. The molecular formula is C26H23N3O2. The highest BCUT2D eigenvalue weighted by Crippen LogP contribution is 2.30. The Morgan fingerprint density at radius 3 is 2.45 bits per heavy atom. The number of hydrogen-bond acceptors (Lipinski definition) is 3. The monoisotopic (exact) mass is 409 g/mol. The van der Waals surface area contributed by atoms with Crippen molar-refractivity contribution >= 4 is 16.5 Å². The van der Waals surface area contributed by atoms with Gasteiger partial charge in [0, 0.05) is 12.6 Å². The highest BCUT2D eigenvalue weighted by Gasteiger charge is 2.16. The van der Waals surface area contributed by atoms with Crippen molar-refractivity contribution in [3.63, 3.8) is 0 Å². The lowest BCUT2D eigenvalue weighted by molar-refractivity contribution is 0.532. The first kappa shape index (κ1) is 19.0. The third-order valence-corrected chi connectivity index (χ3v) is 5.71. The van der Waals surface area contributed by atoms with Gasteiger partial charge in [0.2, 0.25) is 0 Å². The Morgan fingerprint density at radius 2 is 1.61 bits per heavy atom. The molecule has 0 amide bonds. The lowest BCUT2D eigenvalue weighted by atomic mass is 10.0. The molecule has 5 nitrogen and oxygen atoms in total. The van der Waals surface area contributed by atoms with E-state index in [-0.39, 0.29) is 5.56 Å². The molecule has 1 N–H and O–H groups in total. The van der Waals surface area contributed by atoms with Gasteiger partial charge in [-0.15, -0.1) is 0 Å². The number of para-hydroxylation sites is 1. The van der Waals surface area contributed by atoms with Gasteiger partial charge in [-0.2, -0.15) is 0 Å². The van der Waals surface area contributed by atoms with Crippen molar-refractivity contribution in [1.29, 1.82) is 0 Å². The van der Waals surface area contributed by atoms with Crippen LogP contribution in [0.2, 0.25) is 0 Å². The Hall–Kier alpha value is -3.99. The molecule has 0 atom stereocenters. The zero-order chi connectivity index (χ0) is 21.4. The summed E-state index contributed by atoms with van der Waals surface area (Å²) < 4.78 is 9.66. The molecule has 0 aliphatic heterocycles. The van der Waals surface area contributed by atoms with Gasteiger partial charge in [0.15, 0.2) is 0 Å². The molecule has 0 spiro atoms. The minimum absolute atomic E-state index is 0.0768. The zero-order valence-electron chi connectivity index (χ0n) is 17.5. The van der Waals surface area contributed by atoms with Crippen molar-refractivity contribution in [1.82, 2.24) is 9.36 Å². The number of hydrogen-bond donors (Lipinski definition) is 1. The Morgan fingerprint density at radius 1 is 0.871 bits per heavy atom. The highest BCUT2D eigenvalue weighted by molar-refractivity contribution is 5.95. The largest absolute Gasteiger partial charge is 0.459 e. The number of rotatable bonds is 5. The summed E-state index contributed by atoms with van der Waals surface area (Å²) in [5, 5.41) is 5.62. The number of furan rings is 1. The van der Waals surface area contributed by atoms with Crippen LogP contribution < -0.4 is 10.9 Å². The summed E-state index contributed by atoms with van der Waals surface area (Å²) >= 11 is 0. The fraction of sp³-hybridized carbons (Fsp3) is 0.115. The standard InChI is InChI=1S/C26H23N3O2/c1-18-25(26(30)29(28(18)2)20-11-4-3-5-12-20)27-17-21-15-16-24(31-21)23-14-8-10-19-9-6-7-13-22(19)23/h3-16,27H,17H2,1-2H3. The van der Waals surface area contributed by atoms with Gasteiger partial charge in [0.1, 0.15) is 17.2 Å². The maximum absolute atomic E-state index is 13.1. The van der Waals surface area contributed by atoms with E-state index in [4.69, 9.17) is 4.42 Å². The van der Waals surface area contributed by atoms with Gasteiger partial charge in [-0.3, -0.25) is 9.48 Å². The van der Waals surface area contributed by atoms with E-state index >= 15 is 0 Å². The van der Waals surface area contributed by atoms with Crippen LogP contribution in [0.1, 0.15) is 11.5 Å². The first-order valence-corrected chi connectivity index (χ1v) is 10.3. The van der Waals surface area contributed by atoms with Gasteiger partial charge in [-0.25, -0.2) is 4.68 Å². The summed E-state index contributed by atoms with van der Waals surface area (Å²) in [6.07, 6.45) is 0. The predicted octanol–water partition coefficient (Wildman–Crippen LogP) is 5.51. The van der Waals surface area contributed by atoms with Gasteiger partial charge in [-0.05, 0) is 42.0 Å². The molecule has 3 aromatic carbocycles. The van der Waals surface area contributed by atoms with Crippen molar-refractivity contribution in [2.75, 3.05) is 5.32 Å². The summed E-state index contributed by atoms with van der Waals surface area (Å²) in [6, 6.07) is 28.1. The van der Waals surface area contributed by atoms with Gasteiger partial charge >= 0.3 is 0 Å². The molecule has 2 heterocycles. The summed E-state index contributed by atoms with van der Waals surface area (Å²) in [4.78, 5) is 13.1. The van der Waals surface area contributed by atoms with Gasteiger partial charge < -0.3 is 9.73 Å². The van der Waals surface area contributed by atoms with Gasteiger partial charge in [-0.1, -0.05) is 60.7 Å². The lowest BCUT2D eigenvalue weighted by Crippen LogP contribution is -2.20. The molecule has 5 aromatic rings. The first-order chi connectivity index (χ1) is 15.1. The van der Waals surface area contributed by atoms with Gasteiger partial charge in [0.05, 0.1) is 17.9 Å². The Balaban J connectivity index is 1.42. The van der Waals surface area contributed by atoms with E-state index in [1.807, 2.05) is 79.3 Å². The van der Waals surface area contributed by atoms with Crippen molar-refractivity contribution in [3.8, 4) is 17.0 Å². The van der Waals surface area contributed by atoms with E-state index in [1.54, 1.807) is 4.68 Å². The molecule has 0 aliphatic carbocycles. The molecule has 5 rings (SSSR count). The summed E-state index contributed by atoms with van der Waals surface area (Å²) in [5.74, 6) is 1.59. The number of nitrogens with zero attached hydrogens (tertiary/aromatic N) is 2. The van der Waals surface area contributed by atoms with Gasteiger partial charge in [0.25, 0.3) is 5.56 Å². The maximum Gasteiger partial charge on any atom is 0.295 e. The van der Waals surface area contributed by atoms with Crippen LogP contribution in [0.15, 0.2) is 94.1 Å². The summed E-state index contributed by atoms with van der Waals surface area (Å²) in [6.45, 7) is 2.37. The fourth-order valence-corrected chi connectivity index (χ4v) is 4.01. The molecular weight excluding hydrogens is 386 g/mol. The van der Waals surface area contributed by atoms with Crippen LogP contribution in [-0.4, -0.2) is 9.36 Å². The second-order valence-electron chi connectivity index (χ2n) is 7.58. The van der Waals surface area contributed by atoms with Crippen LogP contribution in [0.4, 0.5) is 5.69 Å². The molecule has 5 heteroatoms.